The number of nitrogens with one attached hydrogen (secondary N) is 2. The van der Waals surface area contributed by atoms with Gasteiger partial charge in [-0.05, 0) is 25.5 Å². The lowest BCUT2D eigenvalue weighted by Crippen LogP contribution is -2.46. The molecule has 0 spiro atoms. The Balaban J connectivity index is 2.67. The van der Waals surface area contributed by atoms with E-state index in [9.17, 15) is 14.4 Å². The highest BCUT2D eigenvalue weighted by Crippen LogP contribution is 2.22. The summed E-state index contributed by atoms with van der Waals surface area (Å²) in [6.07, 6.45) is 10.1. The second-order valence-corrected chi connectivity index (χ2v) is 9.25. The molecule has 198 valence electrons. The van der Waals surface area contributed by atoms with Gasteiger partial charge < -0.3 is 24.8 Å². The summed E-state index contributed by atoms with van der Waals surface area (Å²) in [6.45, 7) is 4.95. The third kappa shape index (κ3) is 13.8. The van der Waals surface area contributed by atoms with Gasteiger partial charge in [-0.25, -0.2) is 4.79 Å². The van der Waals surface area contributed by atoms with Gasteiger partial charge in [0, 0.05) is 26.1 Å². The first-order valence-electron chi connectivity index (χ1n) is 12.8. The van der Waals surface area contributed by atoms with E-state index in [1.54, 1.807) is 19.1 Å². The van der Waals surface area contributed by atoms with Crippen LogP contribution in [0.2, 0.25) is 0 Å². The van der Waals surface area contributed by atoms with Crippen molar-refractivity contribution in [2.45, 2.75) is 91.2 Å². The van der Waals surface area contributed by atoms with E-state index >= 15 is 0 Å². The van der Waals surface area contributed by atoms with Crippen LogP contribution in [0.1, 0.15) is 85.0 Å². The predicted octanol–water partition coefficient (Wildman–Crippen LogP) is 5.81. The Morgan fingerprint density at radius 2 is 1.51 bits per heavy atom. The van der Waals surface area contributed by atoms with Crippen molar-refractivity contribution < 1.29 is 28.6 Å². The molecule has 0 aromatic heterocycles. The molecule has 0 aliphatic heterocycles. The van der Waals surface area contributed by atoms with Gasteiger partial charge in [-0.2, -0.15) is 0 Å². The number of benzene rings is 1. The van der Waals surface area contributed by atoms with Crippen LogP contribution in [0.3, 0.4) is 0 Å². The maximum Gasteiger partial charge on any atom is 0.322 e. The van der Waals surface area contributed by atoms with Crippen LogP contribution in [-0.2, 0) is 23.8 Å². The van der Waals surface area contributed by atoms with Crippen LogP contribution in [0.5, 0.6) is 0 Å². The molecule has 0 fully saturated rings. The Kier molecular flexibility index (Phi) is 15.4. The van der Waals surface area contributed by atoms with Crippen molar-refractivity contribution >= 4 is 23.7 Å². The van der Waals surface area contributed by atoms with E-state index in [4.69, 9.17) is 14.2 Å². The van der Waals surface area contributed by atoms with Gasteiger partial charge >= 0.3 is 18.0 Å². The summed E-state index contributed by atoms with van der Waals surface area (Å²) in [5.41, 5.74) is -0.549. The zero-order valence-corrected chi connectivity index (χ0v) is 21.9. The van der Waals surface area contributed by atoms with E-state index < -0.39 is 29.6 Å². The highest BCUT2D eigenvalue weighted by Gasteiger charge is 2.38. The first kappa shape index (κ1) is 30.4. The molecule has 0 saturated heterocycles. The summed E-state index contributed by atoms with van der Waals surface area (Å²) < 4.78 is 15.9. The number of amides is 2. The fourth-order valence-corrected chi connectivity index (χ4v) is 3.65. The fourth-order valence-electron chi connectivity index (χ4n) is 3.65. The Morgan fingerprint density at radius 3 is 2.09 bits per heavy atom. The lowest BCUT2D eigenvalue weighted by atomic mass is 9.93. The van der Waals surface area contributed by atoms with Gasteiger partial charge in [0.1, 0.15) is 12.0 Å². The van der Waals surface area contributed by atoms with E-state index in [1.807, 2.05) is 18.2 Å². The van der Waals surface area contributed by atoms with Crippen LogP contribution in [-0.4, -0.2) is 44.5 Å². The topological polar surface area (TPSA) is 103 Å². The van der Waals surface area contributed by atoms with Crippen LogP contribution in [0.4, 0.5) is 10.5 Å². The van der Waals surface area contributed by atoms with Crippen LogP contribution in [0.25, 0.3) is 0 Å². The van der Waals surface area contributed by atoms with Crippen LogP contribution < -0.4 is 10.6 Å². The lowest BCUT2D eigenvalue weighted by Gasteiger charge is -2.29. The second kappa shape index (κ2) is 17.8. The highest BCUT2D eigenvalue weighted by molar-refractivity contribution is 5.89. The number of unbranched alkanes of at least 4 members (excludes halogenated alkanes) is 8. The third-order valence-electron chi connectivity index (χ3n) is 5.69. The average molecular weight is 493 g/mol. The smallest absolute Gasteiger partial charge is 0.322 e. The molecule has 8 nitrogen and oxygen atoms in total. The summed E-state index contributed by atoms with van der Waals surface area (Å²) in [4.78, 5) is 36.8. The van der Waals surface area contributed by atoms with Gasteiger partial charge in [0.15, 0.2) is 6.23 Å². The van der Waals surface area contributed by atoms with Gasteiger partial charge in [0.2, 0.25) is 0 Å². The molecule has 0 saturated carbocycles. The van der Waals surface area contributed by atoms with Gasteiger partial charge in [-0.15, -0.1) is 0 Å². The van der Waals surface area contributed by atoms with E-state index in [0.717, 1.165) is 19.3 Å². The highest BCUT2D eigenvalue weighted by atomic mass is 16.6. The number of carbonyl (C=O) groups is 3. The van der Waals surface area contributed by atoms with Crippen LogP contribution in [0.15, 0.2) is 30.3 Å². The SMILES string of the molecule is CCCCCCCCCCCC(NC(=O)Nc1ccccc1)OC(=O)C(C)(COC)COC(C)=O. The van der Waals surface area contributed by atoms with Crippen molar-refractivity contribution in [2.24, 2.45) is 5.41 Å². The van der Waals surface area contributed by atoms with Crippen LogP contribution in [0, 0.1) is 5.41 Å². The number of urea groups is 1. The number of methoxy groups -OCH3 is 1. The molecule has 1 aromatic carbocycles. The molecular formula is C27H44N2O6. The molecule has 2 amide bonds. The number of esters is 2. The minimum Gasteiger partial charge on any atom is -0.465 e. The molecule has 8 heteroatoms. The first-order chi connectivity index (χ1) is 16.8. The largest absolute Gasteiger partial charge is 0.465 e. The van der Waals surface area contributed by atoms with Crippen LogP contribution >= 0.6 is 0 Å². The maximum atomic E-state index is 13.0. The van der Waals surface area contributed by atoms with Crippen molar-refractivity contribution in [1.29, 1.82) is 0 Å². The van der Waals surface area contributed by atoms with E-state index in [1.165, 1.54) is 52.6 Å². The van der Waals surface area contributed by atoms with Crippen molar-refractivity contribution in [3.05, 3.63) is 30.3 Å². The summed E-state index contributed by atoms with van der Waals surface area (Å²) in [6, 6.07) is 8.59. The molecule has 0 aliphatic carbocycles. The van der Waals surface area contributed by atoms with Gasteiger partial charge in [0.25, 0.3) is 0 Å². The minimum atomic E-state index is -1.19. The molecule has 0 heterocycles. The molecule has 2 N–H and O–H groups in total. The maximum absolute atomic E-state index is 13.0. The van der Waals surface area contributed by atoms with Gasteiger partial charge in [-0.3, -0.25) is 9.59 Å². The number of para-hydroxylation sites is 1. The Morgan fingerprint density at radius 1 is 0.914 bits per heavy atom. The summed E-state index contributed by atoms with van der Waals surface area (Å²) in [7, 11) is 1.46. The van der Waals surface area contributed by atoms with Crippen molar-refractivity contribution in [1.82, 2.24) is 5.32 Å². The fraction of sp³-hybridized carbons (Fsp3) is 0.667. The molecule has 1 rings (SSSR count). The molecule has 2 unspecified atom stereocenters. The lowest BCUT2D eigenvalue weighted by molar-refractivity contribution is -0.171. The minimum absolute atomic E-state index is 0.0140. The number of carbonyl (C=O) groups excluding carboxylic acids is 3. The number of rotatable bonds is 18. The normalized spacial score (nSPS) is 13.4. The number of hydrogen-bond acceptors (Lipinski definition) is 6. The molecule has 2 atom stereocenters. The summed E-state index contributed by atoms with van der Waals surface area (Å²) >= 11 is 0. The summed E-state index contributed by atoms with van der Waals surface area (Å²) in [5.74, 6) is -1.09. The van der Waals surface area contributed by atoms with E-state index in [2.05, 4.69) is 17.6 Å². The standard InChI is InChI=1S/C27H44N2O6/c1-5-6-7-8-9-10-11-12-16-19-24(29-26(32)28-23-17-14-13-15-18-23)35-25(31)27(3,20-33-4)21-34-22(2)30/h13-15,17-18,24H,5-12,16,19-21H2,1-4H3,(H2,28,29,32). The van der Waals surface area contributed by atoms with E-state index in [0.29, 0.717) is 12.1 Å². The Hall–Kier alpha value is -2.61. The predicted molar refractivity (Wildman–Crippen MR) is 137 cm³/mol. The molecule has 0 aliphatic rings. The second-order valence-electron chi connectivity index (χ2n) is 9.25. The van der Waals surface area contributed by atoms with Gasteiger partial charge in [-0.1, -0.05) is 76.5 Å². The Bertz CT molecular complexity index is 742. The average Bonchev–Trinajstić information content (AvgIpc) is 2.82. The molecular weight excluding hydrogens is 448 g/mol. The first-order valence-corrected chi connectivity index (χ1v) is 12.8. The third-order valence-corrected chi connectivity index (χ3v) is 5.69. The monoisotopic (exact) mass is 492 g/mol. The zero-order chi connectivity index (χ0) is 25.9. The zero-order valence-electron chi connectivity index (χ0n) is 21.9. The molecule has 0 radical (unpaired) electrons. The molecule has 0 bridgehead atoms. The van der Waals surface area contributed by atoms with Gasteiger partial charge in [0.05, 0.1) is 6.61 Å². The number of hydrogen-bond donors (Lipinski definition) is 2. The Labute approximate surface area is 210 Å². The van der Waals surface area contributed by atoms with Crippen molar-refractivity contribution in [3.8, 4) is 0 Å². The number of ether oxygens (including phenoxy) is 3. The summed E-state index contributed by atoms with van der Waals surface area (Å²) in [5, 5.41) is 5.51. The van der Waals surface area contributed by atoms with Crippen molar-refractivity contribution in [3.63, 3.8) is 0 Å². The molecule has 1 aromatic rings. The molecule has 35 heavy (non-hydrogen) atoms. The van der Waals surface area contributed by atoms with Crippen molar-refractivity contribution in [2.75, 3.05) is 25.6 Å². The van der Waals surface area contributed by atoms with E-state index in [-0.39, 0.29) is 13.2 Å². The quantitative estimate of drug-likeness (QED) is 0.152. The number of anilines is 1.